The van der Waals surface area contributed by atoms with Crippen LogP contribution < -0.4 is 16.0 Å². The van der Waals surface area contributed by atoms with E-state index < -0.39 is 46.8 Å². The molecule has 43 heavy (non-hydrogen) atoms. The molecule has 9 nitrogen and oxygen atoms in total. The molecule has 228 valence electrons. The van der Waals surface area contributed by atoms with Gasteiger partial charge < -0.3 is 25.4 Å². The number of likely N-dealkylation sites (tertiary alicyclic amines) is 1. The highest BCUT2D eigenvalue weighted by Gasteiger charge is 2.34. The summed E-state index contributed by atoms with van der Waals surface area (Å²) in [6.45, 7) is 0.538. The molecular weight excluding hydrogens is 601 g/mol. The fraction of sp³-hybridized carbons (Fsp3) is 0.286. The number of aldehydes is 1. The van der Waals surface area contributed by atoms with Crippen molar-refractivity contribution in [3.63, 3.8) is 0 Å². The lowest BCUT2D eigenvalue weighted by molar-refractivity contribution is -0.137. The van der Waals surface area contributed by atoms with Gasteiger partial charge in [0, 0.05) is 42.2 Å². The normalized spacial score (nSPS) is 18.0. The van der Waals surface area contributed by atoms with Crippen LogP contribution in [0.4, 0.5) is 27.6 Å². The highest BCUT2D eigenvalue weighted by molar-refractivity contribution is 6.31. The fourth-order valence-electron chi connectivity index (χ4n) is 4.79. The zero-order valence-corrected chi connectivity index (χ0v) is 23.4. The number of halogens is 6. The molecule has 5 rings (SSSR count). The maximum atomic E-state index is 13.9. The molecule has 0 radical (unpaired) electrons. The van der Waals surface area contributed by atoms with Crippen LogP contribution in [-0.4, -0.2) is 60.2 Å². The standard InChI is InChI=1S/C22H13ClF5N3O3.C6H12N2O/c23-16-2-1-12(24)6-15(16)19-20-17(7-14(9-32)31(20)8-18(33)30-19)29-21(34)10-3-11(22(26,27)28)5-13(25)4-10;1-7-5-3-6(9)8(2)4-5/h1-7,9,19H,8H2,(H,29,34)(H,30,33);5,7H,3-4H2,1-2H3. The third kappa shape index (κ3) is 7.03. The summed E-state index contributed by atoms with van der Waals surface area (Å²) < 4.78 is 68.1. The summed E-state index contributed by atoms with van der Waals surface area (Å²) in [6.07, 6.45) is -3.82. The summed E-state index contributed by atoms with van der Waals surface area (Å²) in [6, 6.07) is 5.23. The van der Waals surface area contributed by atoms with E-state index in [1.54, 1.807) is 4.90 Å². The third-order valence-electron chi connectivity index (χ3n) is 6.93. The van der Waals surface area contributed by atoms with Gasteiger partial charge in [-0.15, -0.1) is 0 Å². The summed E-state index contributed by atoms with van der Waals surface area (Å²) in [4.78, 5) is 49.2. The number of rotatable bonds is 5. The van der Waals surface area contributed by atoms with Gasteiger partial charge in [0.05, 0.1) is 28.7 Å². The fourth-order valence-corrected chi connectivity index (χ4v) is 5.01. The van der Waals surface area contributed by atoms with E-state index in [4.69, 9.17) is 11.6 Å². The molecule has 0 aliphatic carbocycles. The van der Waals surface area contributed by atoms with E-state index in [0.29, 0.717) is 30.9 Å². The lowest BCUT2D eigenvalue weighted by atomic mass is 10.0. The molecule has 0 bridgehead atoms. The lowest BCUT2D eigenvalue weighted by Crippen LogP contribution is -2.40. The molecule has 2 atom stereocenters. The number of hydrogen-bond donors (Lipinski definition) is 3. The number of likely N-dealkylation sites (N-methyl/N-ethyl adjacent to an activating group) is 2. The quantitative estimate of drug-likeness (QED) is 0.291. The van der Waals surface area contributed by atoms with E-state index in [2.05, 4.69) is 16.0 Å². The van der Waals surface area contributed by atoms with E-state index in [9.17, 15) is 41.1 Å². The molecule has 1 fully saturated rings. The molecule has 3 heterocycles. The van der Waals surface area contributed by atoms with Crippen LogP contribution in [0.5, 0.6) is 0 Å². The summed E-state index contributed by atoms with van der Waals surface area (Å²) in [5.41, 5.74) is -1.83. The van der Waals surface area contributed by atoms with E-state index in [0.717, 1.165) is 18.7 Å². The second-order valence-corrected chi connectivity index (χ2v) is 10.3. The molecule has 0 spiro atoms. The van der Waals surface area contributed by atoms with Gasteiger partial charge in [-0.3, -0.25) is 19.2 Å². The molecule has 1 saturated heterocycles. The summed E-state index contributed by atoms with van der Waals surface area (Å²) in [5, 5.41) is 8.09. The molecule has 2 aromatic carbocycles. The molecule has 15 heteroatoms. The molecule has 2 aliphatic heterocycles. The maximum Gasteiger partial charge on any atom is 0.416 e. The number of anilines is 1. The number of aromatic nitrogens is 1. The smallest absolute Gasteiger partial charge is 0.344 e. The van der Waals surface area contributed by atoms with Crippen LogP contribution in [0.2, 0.25) is 5.02 Å². The van der Waals surface area contributed by atoms with Crippen LogP contribution in [0.25, 0.3) is 0 Å². The minimum atomic E-state index is -4.89. The first kappa shape index (κ1) is 31.6. The van der Waals surface area contributed by atoms with Crippen LogP contribution in [0.3, 0.4) is 0 Å². The van der Waals surface area contributed by atoms with Crippen LogP contribution in [0.1, 0.15) is 50.1 Å². The van der Waals surface area contributed by atoms with Gasteiger partial charge in [0.1, 0.15) is 18.2 Å². The number of benzene rings is 2. The van der Waals surface area contributed by atoms with Crippen molar-refractivity contribution in [3.8, 4) is 0 Å². The van der Waals surface area contributed by atoms with Crippen molar-refractivity contribution in [3.05, 3.63) is 87.2 Å². The molecule has 3 N–H and O–H groups in total. The number of hydrogen-bond acceptors (Lipinski definition) is 5. The van der Waals surface area contributed by atoms with Gasteiger partial charge in [-0.1, -0.05) is 11.6 Å². The van der Waals surface area contributed by atoms with Gasteiger partial charge in [-0.25, -0.2) is 8.78 Å². The van der Waals surface area contributed by atoms with Crippen molar-refractivity contribution in [2.45, 2.75) is 31.2 Å². The minimum Gasteiger partial charge on any atom is -0.344 e. The van der Waals surface area contributed by atoms with E-state index in [-0.39, 0.29) is 46.2 Å². The number of carbonyl (C=O) groups is 4. The average Bonchev–Trinajstić information content (AvgIpc) is 3.47. The zero-order valence-electron chi connectivity index (χ0n) is 22.7. The topological polar surface area (TPSA) is 113 Å². The monoisotopic (exact) mass is 625 g/mol. The Balaban J connectivity index is 0.000000403. The van der Waals surface area contributed by atoms with Crippen molar-refractivity contribution in [2.75, 3.05) is 26.0 Å². The number of amides is 3. The summed E-state index contributed by atoms with van der Waals surface area (Å²) in [5.74, 6) is -3.33. The Morgan fingerprint density at radius 2 is 1.81 bits per heavy atom. The SMILES string of the molecule is CNC1CC(=O)N(C)C1.O=Cc1cc(NC(=O)c2cc(F)cc(C(F)(F)F)c2)c2n1CC(=O)NC2c1cc(F)ccc1Cl. The van der Waals surface area contributed by atoms with Gasteiger partial charge >= 0.3 is 6.18 Å². The Labute approximate surface area is 247 Å². The molecule has 2 aliphatic rings. The van der Waals surface area contributed by atoms with Gasteiger partial charge in [0.15, 0.2) is 6.29 Å². The van der Waals surface area contributed by atoms with Crippen molar-refractivity contribution < 1.29 is 41.1 Å². The van der Waals surface area contributed by atoms with E-state index in [1.807, 2.05) is 14.1 Å². The first-order valence-electron chi connectivity index (χ1n) is 12.7. The number of fused-ring (bicyclic) bond motifs is 1. The average molecular weight is 626 g/mol. The van der Waals surface area contributed by atoms with Gasteiger partial charge in [-0.05, 0) is 49.5 Å². The Morgan fingerprint density at radius 3 is 2.40 bits per heavy atom. The lowest BCUT2D eigenvalue weighted by Gasteiger charge is -2.28. The van der Waals surface area contributed by atoms with Crippen molar-refractivity contribution in [1.29, 1.82) is 0 Å². The first-order valence-corrected chi connectivity index (χ1v) is 13.1. The molecule has 3 aromatic rings. The van der Waals surface area contributed by atoms with Gasteiger partial charge in [0.2, 0.25) is 11.8 Å². The number of alkyl halides is 3. The number of nitrogens with one attached hydrogen (secondary N) is 3. The highest BCUT2D eigenvalue weighted by atomic mass is 35.5. The summed E-state index contributed by atoms with van der Waals surface area (Å²) in [7, 11) is 3.72. The largest absolute Gasteiger partial charge is 0.416 e. The number of carbonyl (C=O) groups excluding carboxylic acids is 4. The Morgan fingerprint density at radius 1 is 1.09 bits per heavy atom. The van der Waals surface area contributed by atoms with E-state index >= 15 is 0 Å². The van der Waals surface area contributed by atoms with Crippen molar-refractivity contribution >= 4 is 41.3 Å². The maximum absolute atomic E-state index is 13.9. The Bertz CT molecular complexity index is 1590. The minimum absolute atomic E-state index is 0.0344. The van der Waals surface area contributed by atoms with Crippen LogP contribution in [0.15, 0.2) is 42.5 Å². The van der Waals surface area contributed by atoms with Gasteiger partial charge in [0.25, 0.3) is 5.91 Å². The molecule has 2 unspecified atom stereocenters. The Kier molecular flexibility index (Phi) is 9.21. The van der Waals surface area contributed by atoms with Crippen LogP contribution in [-0.2, 0) is 22.3 Å². The Hall–Kier alpha value is -4.30. The molecule has 3 amide bonds. The zero-order chi connectivity index (χ0) is 31.6. The van der Waals surface area contributed by atoms with Crippen molar-refractivity contribution in [2.24, 2.45) is 0 Å². The molecule has 1 aromatic heterocycles. The first-order chi connectivity index (χ1) is 20.2. The predicted octanol–water partition coefficient (Wildman–Crippen LogP) is 4.16. The van der Waals surface area contributed by atoms with Crippen LogP contribution >= 0.6 is 11.6 Å². The van der Waals surface area contributed by atoms with E-state index in [1.165, 1.54) is 16.7 Å². The second-order valence-electron chi connectivity index (χ2n) is 9.88. The third-order valence-corrected chi connectivity index (χ3v) is 7.27. The highest BCUT2D eigenvalue weighted by Crippen LogP contribution is 2.37. The number of nitrogens with zero attached hydrogens (tertiary/aromatic N) is 2. The summed E-state index contributed by atoms with van der Waals surface area (Å²) >= 11 is 6.18. The predicted molar refractivity (Wildman–Crippen MR) is 146 cm³/mol. The molecule has 0 saturated carbocycles. The van der Waals surface area contributed by atoms with Crippen molar-refractivity contribution in [1.82, 2.24) is 20.1 Å². The van der Waals surface area contributed by atoms with Crippen LogP contribution in [0, 0.1) is 11.6 Å². The second kappa shape index (κ2) is 12.5. The molecular formula is C28H25ClF5N5O4. The van der Waals surface area contributed by atoms with Gasteiger partial charge in [-0.2, -0.15) is 13.2 Å².